The van der Waals surface area contributed by atoms with Gasteiger partial charge in [-0.1, -0.05) is 47.1 Å². The van der Waals surface area contributed by atoms with Crippen LogP contribution in [0.1, 0.15) is 12.5 Å². The van der Waals surface area contributed by atoms with Crippen LogP contribution < -0.4 is 5.32 Å². The predicted molar refractivity (Wildman–Crippen MR) is 99.5 cm³/mol. The van der Waals surface area contributed by atoms with E-state index in [0.717, 1.165) is 11.3 Å². The highest BCUT2D eigenvalue weighted by Crippen LogP contribution is 2.27. The maximum Gasteiger partial charge on any atom is 0.221 e. The summed E-state index contributed by atoms with van der Waals surface area (Å²) >= 11 is 13.4. The largest absolute Gasteiger partial charge is 0.326 e. The van der Waals surface area contributed by atoms with Crippen molar-refractivity contribution in [1.29, 1.82) is 0 Å². The van der Waals surface area contributed by atoms with E-state index in [9.17, 15) is 4.79 Å². The molecule has 9 heteroatoms. The SMILES string of the molecule is CC(=O)Nc1cccc(-n2nnnc2SCc2ccc(Cl)c(Cl)c2)c1. The van der Waals surface area contributed by atoms with Gasteiger partial charge in [0.05, 0.1) is 15.7 Å². The molecule has 1 amide bonds. The van der Waals surface area contributed by atoms with E-state index in [0.29, 0.717) is 26.6 Å². The number of hydrogen-bond acceptors (Lipinski definition) is 5. The molecule has 25 heavy (non-hydrogen) atoms. The van der Waals surface area contributed by atoms with Crippen molar-refractivity contribution in [3.05, 3.63) is 58.1 Å². The van der Waals surface area contributed by atoms with E-state index < -0.39 is 0 Å². The minimum Gasteiger partial charge on any atom is -0.326 e. The zero-order valence-electron chi connectivity index (χ0n) is 13.1. The van der Waals surface area contributed by atoms with Crippen molar-refractivity contribution in [3.8, 4) is 5.69 Å². The van der Waals surface area contributed by atoms with Crippen molar-refractivity contribution >= 4 is 46.6 Å². The summed E-state index contributed by atoms with van der Waals surface area (Å²) in [5, 5.41) is 16.2. The Morgan fingerprint density at radius 1 is 1.20 bits per heavy atom. The molecule has 1 heterocycles. The zero-order valence-corrected chi connectivity index (χ0v) is 15.4. The van der Waals surface area contributed by atoms with Crippen molar-refractivity contribution < 1.29 is 4.79 Å². The Kier molecular flexibility index (Phi) is 5.57. The van der Waals surface area contributed by atoms with E-state index in [1.807, 2.05) is 24.3 Å². The molecule has 0 saturated heterocycles. The highest BCUT2D eigenvalue weighted by atomic mass is 35.5. The Labute approximate surface area is 158 Å². The van der Waals surface area contributed by atoms with Gasteiger partial charge in [-0.25, -0.2) is 0 Å². The van der Waals surface area contributed by atoms with Gasteiger partial charge in [0, 0.05) is 18.4 Å². The summed E-state index contributed by atoms with van der Waals surface area (Å²) in [4.78, 5) is 11.2. The summed E-state index contributed by atoms with van der Waals surface area (Å²) in [6.07, 6.45) is 0. The van der Waals surface area contributed by atoms with Crippen LogP contribution in [0.4, 0.5) is 5.69 Å². The second kappa shape index (κ2) is 7.86. The second-order valence-electron chi connectivity index (χ2n) is 5.14. The minimum atomic E-state index is -0.136. The van der Waals surface area contributed by atoms with E-state index in [1.54, 1.807) is 22.9 Å². The molecule has 0 aliphatic heterocycles. The van der Waals surface area contributed by atoms with Gasteiger partial charge in [-0.2, -0.15) is 4.68 Å². The Bertz CT molecular complexity index is 915. The van der Waals surface area contributed by atoms with Gasteiger partial charge in [0.25, 0.3) is 0 Å². The molecule has 0 fully saturated rings. The maximum absolute atomic E-state index is 11.2. The molecule has 1 N–H and O–H groups in total. The normalized spacial score (nSPS) is 10.7. The van der Waals surface area contributed by atoms with Gasteiger partial charge in [-0.3, -0.25) is 4.79 Å². The third-order valence-corrected chi connectivity index (χ3v) is 4.93. The van der Waals surface area contributed by atoms with Crippen LogP contribution in [0.15, 0.2) is 47.6 Å². The number of carbonyl (C=O) groups excluding carboxylic acids is 1. The number of aromatic nitrogens is 4. The lowest BCUT2D eigenvalue weighted by Crippen LogP contribution is -2.07. The first-order valence-corrected chi connectivity index (χ1v) is 9.00. The van der Waals surface area contributed by atoms with Crippen molar-refractivity contribution in [2.45, 2.75) is 17.8 Å². The molecule has 3 aromatic rings. The smallest absolute Gasteiger partial charge is 0.221 e. The van der Waals surface area contributed by atoms with E-state index in [4.69, 9.17) is 23.2 Å². The number of hydrogen-bond donors (Lipinski definition) is 1. The van der Waals surface area contributed by atoms with Crippen LogP contribution in [0.5, 0.6) is 0 Å². The fourth-order valence-electron chi connectivity index (χ4n) is 2.13. The van der Waals surface area contributed by atoms with Crippen LogP contribution in [0.25, 0.3) is 5.69 Å². The van der Waals surface area contributed by atoms with Crippen molar-refractivity contribution in [2.24, 2.45) is 0 Å². The van der Waals surface area contributed by atoms with Gasteiger partial charge >= 0.3 is 0 Å². The Balaban J connectivity index is 1.78. The Hall–Kier alpha value is -2.09. The molecule has 0 aliphatic carbocycles. The maximum atomic E-state index is 11.2. The molecule has 0 aliphatic rings. The summed E-state index contributed by atoms with van der Waals surface area (Å²) in [6.45, 7) is 1.46. The fraction of sp³-hybridized carbons (Fsp3) is 0.125. The molecule has 0 atom stereocenters. The first-order valence-electron chi connectivity index (χ1n) is 7.26. The van der Waals surface area contributed by atoms with Gasteiger partial charge in [-0.05, 0) is 46.3 Å². The standard InChI is InChI=1S/C16H13Cl2N5OS/c1-10(24)19-12-3-2-4-13(8-12)23-16(20-21-22-23)25-9-11-5-6-14(17)15(18)7-11/h2-8H,9H2,1H3,(H,19,24). The highest BCUT2D eigenvalue weighted by Gasteiger charge is 2.11. The molecule has 6 nitrogen and oxygen atoms in total. The van der Waals surface area contributed by atoms with E-state index >= 15 is 0 Å². The first kappa shape index (κ1) is 17.7. The lowest BCUT2D eigenvalue weighted by Gasteiger charge is -2.07. The van der Waals surface area contributed by atoms with Crippen molar-refractivity contribution in [3.63, 3.8) is 0 Å². The molecule has 2 aromatic carbocycles. The summed E-state index contributed by atoms with van der Waals surface area (Å²) in [5.41, 5.74) is 2.45. The Morgan fingerprint density at radius 2 is 2.04 bits per heavy atom. The molecule has 128 valence electrons. The van der Waals surface area contributed by atoms with Crippen LogP contribution in [-0.4, -0.2) is 26.1 Å². The summed E-state index contributed by atoms with van der Waals surface area (Å²) in [6, 6.07) is 12.8. The third kappa shape index (κ3) is 4.50. The van der Waals surface area contributed by atoms with Gasteiger partial charge in [0.1, 0.15) is 0 Å². The minimum absolute atomic E-state index is 0.136. The predicted octanol–water partition coefficient (Wildman–Crippen LogP) is 4.22. The van der Waals surface area contributed by atoms with Gasteiger partial charge in [0.2, 0.25) is 11.1 Å². The number of nitrogens with zero attached hydrogens (tertiary/aromatic N) is 4. The van der Waals surface area contributed by atoms with E-state index in [-0.39, 0.29) is 5.91 Å². The number of benzene rings is 2. The first-order chi connectivity index (χ1) is 12.0. The average molecular weight is 394 g/mol. The van der Waals surface area contributed by atoms with Crippen LogP contribution in [0.3, 0.4) is 0 Å². The lowest BCUT2D eigenvalue weighted by molar-refractivity contribution is -0.114. The summed E-state index contributed by atoms with van der Waals surface area (Å²) in [5.74, 6) is 0.505. The van der Waals surface area contributed by atoms with Crippen LogP contribution >= 0.6 is 35.0 Å². The highest BCUT2D eigenvalue weighted by molar-refractivity contribution is 7.98. The van der Waals surface area contributed by atoms with Gasteiger partial charge < -0.3 is 5.32 Å². The molecule has 3 rings (SSSR count). The molecule has 0 radical (unpaired) electrons. The van der Waals surface area contributed by atoms with Crippen LogP contribution in [0.2, 0.25) is 10.0 Å². The second-order valence-corrected chi connectivity index (χ2v) is 6.90. The number of anilines is 1. The summed E-state index contributed by atoms with van der Waals surface area (Å²) < 4.78 is 1.62. The average Bonchev–Trinajstić information content (AvgIpc) is 3.04. The number of halogens is 2. The lowest BCUT2D eigenvalue weighted by atomic mass is 10.2. The monoisotopic (exact) mass is 393 g/mol. The molecule has 1 aromatic heterocycles. The van der Waals surface area contributed by atoms with E-state index in [1.165, 1.54) is 18.7 Å². The number of thioether (sulfide) groups is 1. The Morgan fingerprint density at radius 3 is 2.80 bits per heavy atom. The number of tetrazole rings is 1. The van der Waals surface area contributed by atoms with E-state index in [2.05, 4.69) is 20.8 Å². The fourth-order valence-corrected chi connectivity index (χ4v) is 3.28. The number of carbonyl (C=O) groups is 1. The zero-order chi connectivity index (χ0) is 17.8. The number of nitrogens with one attached hydrogen (secondary N) is 1. The van der Waals surface area contributed by atoms with Crippen molar-refractivity contribution in [2.75, 3.05) is 5.32 Å². The van der Waals surface area contributed by atoms with Gasteiger partial charge in [0.15, 0.2) is 0 Å². The molecule has 0 saturated carbocycles. The van der Waals surface area contributed by atoms with Crippen LogP contribution in [0, 0.1) is 0 Å². The molecular weight excluding hydrogens is 381 g/mol. The number of rotatable bonds is 5. The topological polar surface area (TPSA) is 72.7 Å². The molecule has 0 spiro atoms. The molecule has 0 bridgehead atoms. The quantitative estimate of drug-likeness (QED) is 0.656. The number of amides is 1. The third-order valence-electron chi connectivity index (χ3n) is 3.20. The summed E-state index contributed by atoms with van der Waals surface area (Å²) in [7, 11) is 0. The molecular formula is C16H13Cl2N5OS. The van der Waals surface area contributed by atoms with Gasteiger partial charge in [-0.15, -0.1) is 5.10 Å². The van der Waals surface area contributed by atoms with Crippen molar-refractivity contribution in [1.82, 2.24) is 20.2 Å². The molecule has 0 unspecified atom stereocenters. The van der Waals surface area contributed by atoms with Crippen LogP contribution in [-0.2, 0) is 10.5 Å².